The summed E-state index contributed by atoms with van der Waals surface area (Å²) in [5.41, 5.74) is 3.60. The van der Waals surface area contributed by atoms with Crippen LogP contribution < -0.4 is 5.56 Å². The Kier molecular flexibility index (Phi) is 5.26. The Morgan fingerprint density at radius 2 is 1.90 bits per heavy atom. The largest absolute Gasteiger partial charge is 0.322 e. The fourth-order valence-corrected chi connectivity index (χ4v) is 4.50. The fraction of sp³-hybridized carbons (Fsp3) is 0.565. The van der Waals surface area contributed by atoms with Crippen molar-refractivity contribution in [3.63, 3.8) is 0 Å². The molecule has 2 unspecified atom stereocenters. The molecule has 0 radical (unpaired) electrons. The van der Waals surface area contributed by atoms with E-state index in [0.29, 0.717) is 11.5 Å². The van der Waals surface area contributed by atoms with E-state index in [0.717, 1.165) is 36.2 Å². The second-order valence-electron chi connectivity index (χ2n) is 9.84. The number of H-pyrrole nitrogens is 1. The summed E-state index contributed by atoms with van der Waals surface area (Å²) in [7, 11) is 0. The van der Waals surface area contributed by atoms with Crippen LogP contribution in [0.1, 0.15) is 69.1 Å². The molecule has 1 fully saturated rings. The third-order valence-electron chi connectivity index (χ3n) is 6.21. The lowest BCUT2D eigenvalue weighted by molar-refractivity contribution is 0.137. The van der Waals surface area contributed by atoms with E-state index in [4.69, 9.17) is 0 Å². The van der Waals surface area contributed by atoms with Gasteiger partial charge in [0.05, 0.1) is 5.54 Å². The van der Waals surface area contributed by atoms with Crippen molar-refractivity contribution in [3.05, 3.63) is 51.1 Å². The van der Waals surface area contributed by atoms with Crippen LogP contribution >= 0.6 is 0 Å². The van der Waals surface area contributed by atoms with Crippen molar-refractivity contribution in [1.29, 1.82) is 0 Å². The minimum atomic E-state index is -0.282. The van der Waals surface area contributed by atoms with E-state index in [1.54, 1.807) is 0 Å². The number of fused-ring (bicyclic) bond motifs is 1. The van der Waals surface area contributed by atoms with E-state index in [9.17, 15) is 4.79 Å². The van der Waals surface area contributed by atoms with Gasteiger partial charge in [-0.3, -0.25) is 9.69 Å². The molecule has 160 valence electrons. The van der Waals surface area contributed by atoms with Crippen molar-refractivity contribution in [3.8, 4) is 0 Å². The quantitative estimate of drug-likeness (QED) is 0.715. The molecule has 3 aromatic rings. The highest BCUT2D eigenvalue weighted by atomic mass is 16.1. The fourth-order valence-electron chi connectivity index (χ4n) is 4.50. The number of nitrogens with one attached hydrogen (secondary N) is 1. The molecular weight excluding hydrogens is 376 g/mol. The van der Waals surface area contributed by atoms with Crippen LogP contribution in [-0.2, 0) is 5.54 Å². The molecule has 1 saturated heterocycles. The molecule has 2 atom stereocenters. The van der Waals surface area contributed by atoms with Gasteiger partial charge >= 0.3 is 0 Å². The number of pyridine rings is 1. The number of rotatable bonds is 3. The number of hydrogen-bond donors (Lipinski definition) is 1. The average molecular weight is 409 g/mol. The highest BCUT2D eigenvalue weighted by Gasteiger charge is 2.35. The van der Waals surface area contributed by atoms with E-state index in [1.807, 2.05) is 16.8 Å². The van der Waals surface area contributed by atoms with Gasteiger partial charge in [0.1, 0.15) is 6.04 Å². The van der Waals surface area contributed by atoms with Gasteiger partial charge < -0.3 is 4.98 Å². The molecule has 1 aliphatic rings. The summed E-state index contributed by atoms with van der Waals surface area (Å²) in [5.74, 6) is 1.30. The number of piperidine rings is 1. The normalized spacial score (nSPS) is 19.3. The molecule has 30 heavy (non-hydrogen) atoms. The van der Waals surface area contributed by atoms with Crippen LogP contribution in [0.5, 0.6) is 0 Å². The molecule has 1 aromatic carbocycles. The lowest BCUT2D eigenvalue weighted by Crippen LogP contribution is -2.42. The summed E-state index contributed by atoms with van der Waals surface area (Å²) >= 11 is 0. The number of likely N-dealkylation sites (tertiary alicyclic amines) is 1. The average Bonchev–Trinajstić information content (AvgIpc) is 3.14. The van der Waals surface area contributed by atoms with E-state index < -0.39 is 0 Å². The topological polar surface area (TPSA) is 79.7 Å². The standard InChI is InChI=1S/C23H32N6O/c1-14-8-7-9-28(13-14)20(21-25-26-27-29(21)23(4,5)6)18-12-17-10-15(2)16(3)11-19(17)24-22(18)30/h10-12,14,20H,7-9,13H2,1-6H3,(H,24,30). The van der Waals surface area contributed by atoms with Gasteiger partial charge in [0.25, 0.3) is 5.56 Å². The first kappa shape index (κ1) is 20.7. The zero-order valence-corrected chi connectivity index (χ0v) is 18.9. The molecule has 3 heterocycles. The molecular formula is C23H32N6O. The number of nitrogens with zero attached hydrogens (tertiary/aromatic N) is 5. The monoisotopic (exact) mass is 408 g/mol. The second-order valence-corrected chi connectivity index (χ2v) is 9.84. The first-order valence-corrected chi connectivity index (χ1v) is 10.8. The van der Waals surface area contributed by atoms with Crippen molar-refractivity contribution >= 4 is 10.9 Å². The van der Waals surface area contributed by atoms with E-state index in [1.165, 1.54) is 17.5 Å². The lowest BCUT2D eigenvalue weighted by Gasteiger charge is -2.37. The van der Waals surface area contributed by atoms with Gasteiger partial charge in [-0.25, -0.2) is 4.68 Å². The third-order valence-corrected chi connectivity index (χ3v) is 6.21. The number of aryl methyl sites for hydroxylation is 2. The Bertz CT molecular complexity index is 1120. The Balaban J connectivity index is 1.92. The molecule has 0 bridgehead atoms. The van der Waals surface area contributed by atoms with Gasteiger partial charge in [-0.05, 0) is 105 Å². The molecule has 2 aromatic heterocycles. The highest BCUT2D eigenvalue weighted by Crippen LogP contribution is 2.32. The molecule has 7 nitrogen and oxygen atoms in total. The highest BCUT2D eigenvalue weighted by molar-refractivity contribution is 5.81. The number of aromatic amines is 1. The molecule has 0 amide bonds. The SMILES string of the molecule is Cc1cc2cc(C(c3nnnn3C(C)(C)C)N3CCCC(C)C3)c(=O)[nH]c2cc1C. The zero-order valence-electron chi connectivity index (χ0n) is 18.9. The lowest BCUT2D eigenvalue weighted by atomic mass is 9.95. The van der Waals surface area contributed by atoms with Crippen molar-refractivity contribution in [2.45, 2.75) is 66.0 Å². The first-order chi connectivity index (χ1) is 14.1. The molecule has 0 saturated carbocycles. The summed E-state index contributed by atoms with van der Waals surface area (Å²) in [6.45, 7) is 14.5. The Morgan fingerprint density at radius 3 is 2.60 bits per heavy atom. The van der Waals surface area contributed by atoms with Gasteiger partial charge in [-0.15, -0.1) is 5.10 Å². The van der Waals surface area contributed by atoms with Gasteiger partial charge in [0.2, 0.25) is 0 Å². The predicted octanol–water partition coefficient (Wildman–Crippen LogP) is 3.71. The van der Waals surface area contributed by atoms with Gasteiger partial charge in [-0.1, -0.05) is 6.92 Å². The number of aromatic nitrogens is 5. The molecule has 4 rings (SSSR count). The van der Waals surface area contributed by atoms with Gasteiger partial charge in [0.15, 0.2) is 5.82 Å². The van der Waals surface area contributed by atoms with Crippen LogP contribution in [0.15, 0.2) is 23.0 Å². The summed E-state index contributed by atoms with van der Waals surface area (Å²) < 4.78 is 1.86. The summed E-state index contributed by atoms with van der Waals surface area (Å²) in [6, 6.07) is 5.95. The van der Waals surface area contributed by atoms with Crippen LogP contribution in [0.3, 0.4) is 0 Å². The Morgan fingerprint density at radius 1 is 1.17 bits per heavy atom. The maximum absolute atomic E-state index is 13.3. The second kappa shape index (κ2) is 7.61. The van der Waals surface area contributed by atoms with Crippen LogP contribution in [0.25, 0.3) is 10.9 Å². The smallest absolute Gasteiger partial charge is 0.253 e. The van der Waals surface area contributed by atoms with Crippen LogP contribution in [0.4, 0.5) is 0 Å². The number of tetrazole rings is 1. The van der Waals surface area contributed by atoms with Crippen LogP contribution in [0.2, 0.25) is 0 Å². The van der Waals surface area contributed by atoms with E-state index in [-0.39, 0.29) is 17.1 Å². The summed E-state index contributed by atoms with van der Waals surface area (Å²) in [5, 5.41) is 13.7. The molecule has 1 aliphatic heterocycles. The molecule has 0 spiro atoms. The molecule has 7 heteroatoms. The van der Waals surface area contributed by atoms with Gasteiger partial charge in [-0.2, -0.15) is 0 Å². The van der Waals surface area contributed by atoms with Crippen molar-refractivity contribution in [1.82, 2.24) is 30.1 Å². The van der Waals surface area contributed by atoms with Crippen LogP contribution in [0, 0.1) is 19.8 Å². The number of hydrogen-bond acceptors (Lipinski definition) is 5. The van der Waals surface area contributed by atoms with Crippen molar-refractivity contribution in [2.24, 2.45) is 5.92 Å². The maximum atomic E-state index is 13.3. The summed E-state index contributed by atoms with van der Waals surface area (Å²) in [6.07, 6.45) is 2.32. The minimum absolute atomic E-state index is 0.0718. The Labute approximate surface area is 177 Å². The Hall–Kier alpha value is -2.54. The third kappa shape index (κ3) is 3.78. The molecule has 0 aliphatic carbocycles. The van der Waals surface area contributed by atoms with Crippen molar-refractivity contribution < 1.29 is 0 Å². The minimum Gasteiger partial charge on any atom is -0.322 e. The first-order valence-electron chi connectivity index (χ1n) is 10.8. The van der Waals surface area contributed by atoms with E-state index in [2.05, 4.69) is 73.0 Å². The van der Waals surface area contributed by atoms with E-state index >= 15 is 0 Å². The predicted molar refractivity (Wildman–Crippen MR) is 119 cm³/mol. The van der Waals surface area contributed by atoms with Crippen LogP contribution in [-0.4, -0.2) is 43.2 Å². The maximum Gasteiger partial charge on any atom is 0.253 e. The summed E-state index contributed by atoms with van der Waals surface area (Å²) in [4.78, 5) is 18.8. The number of benzene rings is 1. The van der Waals surface area contributed by atoms with Crippen molar-refractivity contribution in [2.75, 3.05) is 13.1 Å². The molecule has 1 N–H and O–H groups in total. The van der Waals surface area contributed by atoms with Gasteiger partial charge in [0, 0.05) is 17.6 Å². The zero-order chi connectivity index (χ0) is 21.6.